The summed E-state index contributed by atoms with van der Waals surface area (Å²) in [5.74, 6) is 2.66. The average molecular weight is 540 g/mol. The van der Waals surface area contributed by atoms with Gasteiger partial charge in [-0.15, -0.1) is 24.0 Å². The maximum atomic E-state index is 5.31. The third-order valence-corrected chi connectivity index (χ3v) is 5.44. The fourth-order valence-corrected chi connectivity index (χ4v) is 3.78. The number of aromatic nitrogens is 2. The van der Waals surface area contributed by atoms with Crippen molar-refractivity contribution in [1.82, 2.24) is 25.7 Å². The molecule has 0 spiro atoms. The third kappa shape index (κ3) is 8.07. The van der Waals surface area contributed by atoms with Crippen molar-refractivity contribution >= 4 is 29.9 Å². The van der Waals surface area contributed by atoms with Crippen molar-refractivity contribution in [3.63, 3.8) is 0 Å². The molecule has 172 valence electrons. The SMILES string of the molecule is CCNC(=NCCCc1nc(C(C)C)no1)NC1CC(C)N(Cc2ccccc2)C1.I. The Labute approximate surface area is 203 Å². The summed E-state index contributed by atoms with van der Waals surface area (Å²) in [4.78, 5) is 11.7. The Kier molecular flexibility index (Phi) is 10.7. The summed E-state index contributed by atoms with van der Waals surface area (Å²) < 4.78 is 5.31. The lowest BCUT2D eigenvalue weighted by Crippen LogP contribution is -2.44. The molecule has 1 aromatic heterocycles. The Hall–Kier alpha value is -1.68. The number of hydrogen-bond donors (Lipinski definition) is 2. The first-order valence-corrected chi connectivity index (χ1v) is 11.2. The second kappa shape index (κ2) is 13.0. The summed E-state index contributed by atoms with van der Waals surface area (Å²) in [6, 6.07) is 11.7. The van der Waals surface area contributed by atoms with E-state index in [0.29, 0.717) is 23.9 Å². The topological polar surface area (TPSA) is 78.6 Å². The van der Waals surface area contributed by atoms with Gasteiger partial charge in [-0.1, -0.05) is 49.3 Å². The van der Waals surface area contributed by atoms with Crippen molar-refractivity contribution in [3.8, 4) is 0 Å². The molecule has 0 radical (unpaired) electrons. The summed E-state index contributed by atoms with van der Waals surface area (Å²) in [5, 5.41) is 11.0. The van der Waals surface area contributed by atoms with E-state index < -0.39 is 0 Å². The van der Waals surface area contributed by atoms with Crippen LogP contribution in [0.2, 0.25) is 0 Å². The molecule has 0 bridgehead atoms. The molecule has 1 aliphatic rings. The number of rotatable bonds is 9. The van der Waals surface area contributed by atoms with Gasteiger partial charge in [-0.2, -0.15) is 4.98 Å². The van der Waals surface area contributed by atoms with Crippen LogP contribution in [0.15, 0.2) is 39.8 Å². The smallest absolute Gasteiger partial charge is 0.226 e. The van der Waals surface area contributed by atoms with Gasteiger partial charge in [-0.3, -0.25) is 9.89 Å². The van der Waals surface area contributed by atoms with Crippen LogP contribution in [0.5, 0.6) is 0 Å². The molecule has 2 atom stereocenters. The van der Waals surface area contributed by atoms with E-state index in [1.807, 2.05) is 0 Å². The van der Waals surface area contributed by atoms with E-state index in [1.54, 1.807) is 0 Å². The van der Waals surface area contributed by atoms with Crippen molar-refractivity contribution in [1.29, 1.82) is 0 Å². The predicted octanol–water partition coefficient (Wildman–Crippen LogP) is 3.96. The van der Waals surface area contributed by atoms with Crippen LogP contribution >= 0.6 is 24.0 Å². The molecule has 1 aliphatic heterocycles. The highest BCUT2D eigenvalue weighted by Gasteiger charge is 2.29. The van der Waals surface area contributed by atoms with Crippen molar-refractivity contribution in [3.05, 3.63) is 47.6 Å². The van der Waals surface area contributed by atoms with Crippen molar-refractivity contribution in [2.45, 2.75) is 71.5 Å². The number of benzene rings is 1. The number of halogens is 1. The lowest BCUT2D eigenvalue weighted by atomic mass is 10.2. The quantitative estimate of drug-likeness (QED) is 0.217. The Bertz CT molecular complexity index is 794. The molecule has 2 N–H and O–H groups in total. The number of nitrogens with zero attached hydrogens (tertiary/aromatic N) is 4. The molecular formula is C23H37IN6O. The maximum Gasteiger partial charge on any atom is 0.226 e. The maximum absolute atomic E-state index is 5.31. The first-order valence-electron chi connectivity index (χ1n) is 11.2. The summed E-state index contributed by atoms with van der Waals surface area (Å²) in [6.45, 7) is 12.1. The van der Waals surface area contributed by atoms with Crippen LogP contribution < -0.4 is 10.6 Å². The Morgan fingerprint density at radius 3 is 2.74 bits per heavy atom. The molecule has 2 unspecified atom stereocenters. The Morgan fingerprint density at radius 2 is 2.06 bits per heavy atom. The molecule has 1 aromatic carbocycles. The molecule has 2 heterocycles. The molecular weight excluding hydrogens is 503 g/mol. The number of guanidine groups is 1. The van der Waals surface area contributed by atoms with Gasteiger partial charge in [0.05, 0.1) is 0 Å². The van der Waals surface area contributed by atoms with Crippen LogP contribution in [0.4, 0.5) is 0 Å². The highest BCUT2D eigenvalue weighted by Crippen LogP contribution is 2.20. The van der Waals surface area contributed by atoms with Gasteiger partial charge in [0, 0.05) is 50.6 Å². The first kappa shape index (κ1) is 25.6. The lowest BCUT2D eigenvalue weighted by Gasteiger charge is -2.21. The summed E-state index contributed by atoms with van der Waals surface area (Å²) in [5.41, 5.74) is 1.37. The molecule has 3 rings (SSSR count). The normalized spacial score (nSPS) is 19.5. The highest BCUT2D eigenvalue weighted by atomic mass is 127. The zero-order valence-corrected chi connectivity index (χ0v) is 21.5. The van der Waals surface area contributed by atoms with Gasteiger partial charge in [-0.05, 0) is 32.3 Å². The van der Waals surface area contributed by atoms with E-state index in [0.717, 1.165) is 57.2 Å². The van der Waals surface area contributed by atoms with Gasteiger partial charge < -0.3 is 15.2 Å². The molecule has 1 fully saturated rings. The molecule has 1 saturated heterocycles. The lowest BCUT2D eigenvalue weighted by molar-refractivity contribution is 0.258. The number of aliphatic imine (C=N–C) groups is 1. The van der Waals surface area contributed by atoms with Gasteiger partial charge in [0.15, 0.2) is 11.8 Å². The zero-order valence-electron chi connectivity index (χ0n) is 19.2. The fourth-order valence-electron chi connectivity index (χ4n) is 3.78. The highest BCUT2D eigenvalue weighted by molar-refractivity contribution is 14.0. The van der Waals surface area contributed by atoms with Gasteiger partial charge in [-0.25, -0.2) is 0 Å². The monoisotopic (exact) mass is 540 g/mol. The number of nitrogens with one attached hydrogen (secondary N) is 2. The van der Waals surface area contributed by atoms with Crippen LogP contribution in [-0.4, -0.2) is 52.7 Å². The first-order chi connectivity index (χ1) is 14.5. The number of likely N-dealkylation sites (tertiary alicyclic amines) is 1. The van der Waals surface area contributed by atoms with Crippen LogP contribution in [-0.2, 0) is 13.0 Å². The van der Waals surface area contributed by atoms with Crippen molar-refractivity contribution < 1.29 is 4.52 Å². The molecule has 7 nitrogen and oxygen atoms in total. The zero-order chi connectivity index (χ0) is 21.3. The largest absolute Gasteiger partial charge is 0.357 e. The summed E-state index contributed by atoms with van der Waals surface area (Å²) >= 11 is 0. The van der Waals surface area contributed by atoms with Crippen molar-refractivity contribution in [2.24, 2.45) is 4.99 Å². The van der Waals surface area contributed by atoms with E-state index >= 15 is 0 Å². The van der Waals surface area contributed by atoms with E-state index in [4.69, 9.17) is 9.52 Å². The molecule has 0 aliphatic carbocycles. The summed E-state index contributed by atoms with van der Waals surface area (Å²) in [6.07, 6.45) is 2.77. The Balaban J connectivity index is 0.00000341. The van der Waals surface area contributed by atoms with Gasteiger partial charge >= 0.3 is 0 Å². The number of hydrogen-bond acceptors (Lipinski definition) is 5. The molecule has 0 saturated carbocycles. The second-order valence-corrected chi connectivity index (χ2v) is 8.41. The van der Waals surface area contributed by atoms with Gasteiger partial charge in [0.2, 0.25) is 5.89 Å². The second-order valence-electron chi connectivity index (χ2n) is 8.41. The van der Waals surface area contributed by atoms with Crippen LogP contribution in [0, 0.1) is 0 Å². The number of aryl methyl sites for hydroxylation is 1. The van der Waals surface area contributed by atoms with Crippen LogP contribution in [0.1, 0.15) is 63.7 Å². The molecule has 0 amide bonds. The predicted molar refractivity (Wildman–Crippen MR) is 136 cm³/mol. The van der Waals surface area contributed by atoms with E-state index in [9.17, 15) is 0 Å². The minimum atomic E-state index is 0. The molecule has 2 aromatic rings. The van der Waals surface area contributed by atoms with Crippen LogP contribution in [0.3, 0.4) is 0 Å². The van der Waals surface area contributed by atoms with E-state index in [-0.39, 0.29) is 24.0 Å². The average Bonchev–Trinajstić information content (AvgIpc) is 3.33. The third-order valence-electron chi connectivity index (χ3n) is 5.44. The molecule has 8 heteroatoms. The van der Waals surface area contributed by atoms with Crippen LogP contribution in [0.25, 0.3) is 0 Å². The minimum Gasteiger partial charge on any atom is -0.357 e. The van der Waals surface area contributed by atoms with E-state index in [2.05, 4.69) is 83.7 Å². The van der Waals surface area contributed by atoms with Gasteiger partial charge in [0.1, 0.15) is 0 Å². The fraction of sp³-hybridized carbons (Fsp3) is 0.609. The molecule has 31 heavy (non-hydrogen) atoms. The summed E-state index contributed by atoms with van der Waals surface area (Å²) in [7, 11) is 0. The standard InChI is InChI=1S/C23H36N6O.HI/c1-5-24-23(25-13-9-12-21-27-22(17(2)3)28-30-21)26-20-14-18(4)29(16-20)15-19-10-7-6-8-11-19;/h6-8,10-11,17-18,20H,5,9,12-16H2,1-4H3,(H2,24,25,26);1H. The van der Waals surface area contributed by atoms with E-state index in [1.165, 1.54) is 5.56 Å². The minimum absolute atomic E-state index is 0. The Morgan fingerprint density at radius 1 is 1.29 bits per heavy atom. The van der Waals surface area contributed by atoms with Gasteiger partial charge in [0.25, 0.3) is 0 Å². The van der Waals surface area contributed by atoms with Crippen molar-refractivity contribution in [2.75, 3.05) is 19.6 Å².